The molecule has 0 unspecified atom stereocenters. The highest BCUT2D eigenvalue weighted by atomic mass is 32.2. The number of halogens is 6. The lowest BCUT2D eigenvalue weighted by Crippen LogP contribution is -2.20. The Hall–Kier alpha value is -2.95. The SMILES string of the molecule is Cn1nc(C(F)(F)F)c(N(C=O)c2cc(F)ccc2F)c1Sc1ccc(F)cc1. The lowest BCUT2D eigenvalue weighted by atomic mass is 10.2. The molecule has 0 bridgehead atoms. The first-order valence-electron chi connectivity index (χ1n) is 7.89. The van der Waals surface area contributed by atoms with Crippen LogP contribution in [0, 0.1) is 17.5 Å². The normalized spacial score (nSPS) is 11.6. The summed E-state index contributed by atoms with van der Waals surface area (Å²) in [5.74, 6) is -2.60. The van der Waals surface area contributed by atoms with Crippen LogP contribution in [0.25, 0.3) is 0 Å². The van der Waals surface area contributed by atoms with Crippen molar-refractivity contribution >= 4 is 29.5 Å². The van der Waals surface area contributed by atoms with Crippen LogP contribution < -0.4 is 4.90 Å². The van der Waals surface area contributed by atoms with Crippen LogP contribution in [-0.2, 0) is 18.0 Å². The standard InChI is InChI=1S/C18H11F6N3OS/c1-26-17(29-12-5-2-10(19)3-6-12)15(16(25-26)18(22,23)24)27(9-28)14-8-11(20)4-7-13(14)21/h2-9H,1H3. The molecule has 0 radical (unpaired) electrons. The number of hydrogen-bond donors (Lipinski definition) is 0. The van der Waals surface area contributed by atoms with Gasteiger partial charge < -0.3 is 0 Å². The van der Waals surface area contributed by atoms with Gasteiger partial charge in [-0.15, -0.1) is 0 Å². The summed E-state index contributed by atoms with van der Waals surface area (Å²) in [6, 6.07) is 6.90. The molecule has 4 nitrogen and oxygen atoms in total. The zero-order chi connectivity index (χ0) is 21.3. The van der Waals surface area contributed by atoms with Crippen molar-refractivity contribution in [1.82, 2.24) is 9.78 Å². The zero-order valence-corrected chi connectivity index (χ0v) is 15.4. The minimum atomic E-state index is -4.99. The average molecular weight is 431 g/mol. The minimum Gasteiger partial charge on any atom is -0.278 e. The second-order valence-corrected chi connectivity index (χ2v) is 6.81. The summed E-state index contributed by atoms with van der Waals surface area (Å²) in [5.41, 5.74) is -2.94. The van der Waals surface area contributed by atoms with Crippen molar-refractivity contribution in [3.05, 3.63) is 65.6 Å². The molecule has 11 heteroatoms. The molecule has 2 aromatic carbocycles. The molecule has 1 amide bonds. The van der Waals surface area contributed by atoms with E-state index in [0.29, 0.717) is 21.9 Å². The molecule has 0 atom stereocenters. The van der Waals surface area contributed by atoms with Gasteiger partial charge in [-0.1, -0.05) is 11.8 Å². The molecular formula is C18H11F6N3OS. The lowest BCUT2D eigenvalue weighted by Gasteiger charge is -2.20. The Bertz CT molecular complexity index is 1050. The smallest absolute Gasteiger partial charge is 0.278 e. The van der Waals surface area contributed by atoms with E-state index in [0.717, 1.165) is 34.6 Å². The number of amides is 1. The Labute approximate surface area is 164 Å². The van der Waals surface area contributed by atoms with Crippen LogP contribution in [0.2, 0.25) is 0 Å². The first-order valence-corrected chi connectivity index (χ1v) is 8.70. The second kappa shape index (κ2) is 7.82. The molecule has 3 aromatic rings. The Morgan fingerprint density at radius 3 is 2.24 bits per heavy atom. The Morgan fingerprint density at radius 1 is 1.03 bits per heavy atom. The predicted molar refractivity (Wildman–Crippen MR) is 93.3 cm³/mol. The summed E-state index contributed by atoms with van der Waals surface area (Å²) in [6.45, 7) is 0. The fraction of sp³-hybridized carbons (Fsp3) is 0.111. The number of aromatic nitrogens is 2. The molecule has 0 saturated heterocycles. The van der Waals surface area contributed by atoms with Gasteiger partial charge in [0.25, 0.3) is 0 Å². The largest absolute Gasteiger partial charge is 0.437 e. The Kier molecular flexibility index (Phi) is 5.60. The Balaban J connectivity index is 2.22. The molecular weight excluding hydrogens is 420 g/mol. The summed E-state index contributed by atoms with van der Waals surface area (Å²) in [6.07, 6.45) is -5.04. The molecule has 0 aliphatic heterocycles. The highest BCUT2D eigenvalue weighted by Gasteiger charge is 2.42. The Morgan fingerprint density at radius 2 is 1.66 bits per heavy atom. The van der Waals surface area contributed by atoms with Crippen molar-refractivity contribution in [1.29, 1.82) is 0 Å². The van der Waals surface area contributed by atoms with E-state index >= 15 is 0 Å². The molecule has 0 fully saturated rings. The third-order valence-corrected chi connectivity index (χ3v) is 4.94. The third kappa shape index (κ3) is 4.24. The monoisotopic (exact) mass is 431 g/mol. The van der Waals surface area contributed by atoms with Gasteiger partial charge in [-0.2, -0.15) is 18.3 Å². The molecule has 0 N–H and O–H groups in total. The first-order chi connectivity index (χ1) is 13.6. The van der Waals surface area contributed by atoms with E-state index in [1.165, 1.54) is 19.2 Å². The molecule has 3 rings (SSSR count). The van der Waals surface area contributed by atoms with Gasteiger partial charge in [0.1, 0.15) is 28.2 Å². The van der Waals surface area contributed by atoms with E-state index in [-0.39, 0.29) is 11.4 Å². The number of alkyl halides is 3. The van der Waals surface area contributed by atoms with Crippen LogP contribution in [0.1, 0.15) is 5.69 Å². The molecule has 152 valence electrons. The van der Waals surface area contributed by atoms with Crippen molar-refractivity contribution in [2.75, 3.05) is 4.90 Å². The lowest BCUT2D eigenvalue weighted by molar-refractivity contribution is -0.140. The van der Waals surface area contributed by atoms with Crippen LogP contribution in [0.4, 0.5) is 37.7 Å². The first kappa shape index (κ1) is 20.8. The summed E-state index contributed by atoms with van der Waals surface area (Å²) >= 11 is 0.752. The molecule has 0 aliphatic carbocycles. The third-order valence-electron chi connectivity index (χ3n) is 3.78. The maximum absolute atomic E-state index is 14.2. The van der Waals surface area contributed by atoms with Crippen LogP contribution in [-0.4, -0.2) is 16.2 Å². The number of aryl methyl sites for hydroxylation is 1. The maximum Gasteiger partial charge on any atom is 0.437 e. The van der Waals surface area contributed by atoms with Crippen LogP contribution in [0.5, 0.6) is 0 Å². The van der Waals surface area contributed by atoms with E-state index in [9.17, 15) is 31.1 Å². The van der Waals surface area contributed by atoms with Gasteiger partial charge in [-0.25, -0.2) is 13.2 Å². The van der Waals surface area contributed by atoms with Crippen molar-refractivity contribution in [2.45, 2.75) is 16.1 Å². The topological polar surface area (TPSA) is 38.1 Å². The fourth-order valence-corrected chi connectivity index (χ4v) is 3.49. The molecule has 1 aromatic heterocycles. The van der Waals surface area contributed by atoms with Gasteiger partial charge in [0.05, 0.1) is 5.69 Å². The van der Waals surface area contributed by atoms with Gasteiger partial charge in [-0.05, 0) is 36.4 Å². The van der Waals surface area contributed by atoms with Gasteiger partial charge in [-0.3, -0.25) is 14.4 Å². The summed E-state index contributed by atoms with van der Waals surface area (Å²) < 4.78 is 82.5. The quantitative estimate of drug-likeness (QED) is 0.406. The van der Waals surface area contributed by atoms with E-state index < -0.39 is 40.7 Å². The number of anilines is 2. The molecule has 0 spiro atoms. The van der Waals surface area contributed by atoms with Crippen LogP contribution in [0.3, 0.4) is 0 Å². The summed E-state index contributed by atoms with van der Waals surface area (Å²) in [5, 5.41) is 3.24. The van der Waals surface area contributed by atoms with Crippen molar-refractivity contribution < 1.29 is 31.1 Å². The highest BCUT2D eigenvalue weighted by Crippen LogP contribution is 2.45. The molecule has 1 heterocycles. The van der Waals surface area contributed by atoms with Gasteiger partial charge in [0, 0.05) is 18.0 Å². The number of carbonyl (C=O) groups is 1. The number of rotatable bonds is 5. The average Bonchev–Trinajstić information content (AvgIpc) is 2.97. The van der Waals surface area contributed by atoms with Crippen molar-refractivity contribution in [2.24, 2.45) is 7.05 Å². The van der Waals surface area contributed by atoms with Gasteiger partial charge >= 0.3 is 6.18 Å². The molecule has 29 heavy (non-hydrogen) atoms. The van der Waals surface area contributed by atoms with Crippen LogP contribution >= 0.6 is 11.8 Å². The molecule has 0 saturated carbocycles. The van der Waals surface area contributed by atoms with E-state index in [2.05, 4.69) is 5.10 Å². The van der Waals surface area contributed by atoms with Crippen LogP contribution in [0.15, 0.2) is 52.4 Å². The summed E-state index contributed by atoms with van der Waals surface area (Å²) in [4.78, 5) is 12.4. The van der Waals surface area contributed by atoms with Crippen molar-refractivity contribution in [3.8, 4) is 0 Å². The fourth-order valence-electron chi connectivity index (χ4n) is 2.53. The van der Waals surface area contributed by atoms with E-state index in [4.69, 9.17) is 0 Å². The van der Waals surface area contributed by atoms with E-state index in [1.807, 2.05) is 0 Å². The number of benzene rings is 2. The number of nitrogens with zero attached hydrogens (tertiary/aromatic N) is 3. The van der Waals surface area contributed by atoms with Crippen molar-refractivity contribution in [3.63, 3.8) is 0 Å². The maximum atomic E-state index is 14.2. The minimum absolute atomic E-state index is 0.0567. The van der Waals surface area contributed by atoms with Gasteiger partial charge in [0.2, 0.25) is 6.41 Å². The predicted octanol–water partition coefficient (Wildman–Crippen LogP) is 5.30. The highest BCUT2D eigenvalue weighted by molar-refractivity contribution is 7.99. The summed E-state index contributed by atoms with van der Waals surface area (Å²) in [7, 11) is 1.20. The zero-order valence-electron chi connectivity index (χ0n) is 14.5. The number of hydrogen-bond acceptors (Lipinski definition) is 3. The van der Waals surface area contributed by atoms with E-state index in [1.54, 1.807) is 0 Å². The number of carbonyl (C=O) groups excluding carboxylic acids is 1. The second-order valence-electron chi connectivity index (χ2n) is 5.75. The molecule has 0 aliphatic rings. The van der Waals surface area contributed by atoms with Gasteiger partial charge in [0.15, 0.2) is 5.69 Å².